The number of rotatable bonds is 3. The Morgan fingerprint density at radius 1 is 1.41 bits per heavy atom. The zero-order valence-corrected chi connectivity index (χ0v) is 9.29. The molecule has 0 spiro atoms. The Bertz CT molecular complexity index is 561. The quantitative estimate of drug-likeness (QED) is 0.838. The first-order valence-electron chi connectivity index (χ1n) is 5.12. The molecule has 2 rings (SSSR count). The van der Waals surface area contributed by atoms with Gasteiger partial charge in [0.2, 0.25) is 0 Å². The van der Waals surface area contributed by atoms with E-state index in [1.165, 1.54) is 10.9 Å². The van der Waals surface area contributed by atoms with Crippen LogP contribution in [0.15, 0.2) is 30.5 Å². The van der Waals surface area contributed by atoms with E-state index < -0.39 is 5.97 Å². The molecule has 1 heterocycles. The zero-order chi connectivity index (χ0) is 12.4. The molecule has 0 aliphatic rings. The van der Waals surface area contributed by atoms with Crippen LogP contribution in [0.25, 0.3) is 5.69 Å². The maximum absolute atomic E-state index is 10.9. The molecule has 0 saturated carbocycles. The highest BCUT2D eigenvalue weighted by Gasteiger charge is 2.16. The number of aliphatic hydroxyl groups is 1. The molecule has 5 nitrogen and oxygen atoms in total. The number of aromatic carboxylic acids is 1. The Hall–Kier alpha value is -2.14. The normalized spacial score (nSPS) is 10.5. The monoisotopic (exact) mass is 232 g/mol. The number of carboxylic acids is 1. The van der Waals surface area contributed by atoms with Crippen LogP contribution in [0.4, 0.5) is 0 Å². The minimum absolute atomic E-state index is 0.115. The number of para-hydroxylation sites is 1. The van der Waals surface area contributed by atoms with Gasteiger partial charge in [0.1, 0.15) is 0 Å². The van der Waals surface area contributed by atoms with E-state index in [4.69, 9.17) is 10.2 Å². The Labute approximate surface area is 97.9 Å². The van der Waals surface area contributed by atoms with Gasteiger partial charge in [-0.3, -0.25) is 0 Å². The van der Waals surface area contributed by atoms with Crippen molar-refractivity contribution in [1.82, 2.24) is 9.78 Å². The number of hydrogen-bond acceptors (Lipinski definition) is 3. The number of benzene rings is 1. The molecule has 0 atom stereocenters. The molecule has 0 saturated heterocycles. The van der Waals surface area contributed by atoms with Crippen molar-refractivity contribution in [2.75, 3.05) is 0 Å². The summed E-state index contributed by atoms with van der Waals surface area (Å²) in [6.45, 7) is 1.57. The number of aliphatic hydroxyl groups excluding tert-OH is 1. The van der Waals surface area contributed by atoms with Crippen molar-refractivity contribution in [3.8, 4) is 5.69 Å². The smallest absolute Gasteiger partial charge is 0.356 e. The highest BCUT2D eigenvalue weighted by molar-refractivity contribution is 5.87. The summed E-state index contributed by atoms with van der Waals surface area (Å²) in [5.74, 6) is -1.14. The van der Waals surface area contributed by atoms with Gasteiger partial charge in [-0.15, -0.1) is 0 Å². The molecule has 88 valence electrons. The third-order valence-corrected chi connectivity index (χ3v) is 2.53. The minimum atomic E-state index is -1.14. The largest absolute Gasteiger partial charge is 0.476 e. The Balaban J connectivity index is 2.54. The van der Waals surface area contributed by atoms with Gasteiger partial charge < -0.3 is 10.2 Å². The summed E-state index contributed by atoms with van der Waals surface area (Å²) in [4.78, 5) is 10.9. The Morgan fingerprint density at radius 2 is 2.12 bits per heavy atom. The standard InChI is InChI=1S/C12H12N2O3/c1-8-4-2-3-5-10(8)14-6-9(7-15)11(13-14)12(16)17/h2-6,15H,7H2,1H3,(H,16,17). The summed E-state index contributed by atoms with van der Waals surface area (Å²) < 4.78 is 1.48. The summed E-state index contributed by atoms with van der Waals surface area (Å²) in [5.41, 5.74) is 1.97. The van der Waals surface area contributed by atoms with E-state index in [1.54, 1.807) is 0 Å². The predicted molar refractivity (Wildman–Crippen MR) is 61.2 cm³/mol. The molecule has 0 radical (unpaired) electrons. The molecule has 1 aromatic heterocycles. The number of carboxylic acid groups (broad SMARTS) is 1. The van der Waals surface area contributed by atoms with E-state index >= 15 is 0 Å². The fourth-order valence-corrected chi connectivity index (χ4v) is 1.65. The number of nitrogens with zero attached hydrogens (tertiary/aromatic N) is 2. The van der Waals surface area contributed by atoms with Crippen LogP contribution in [0.2, 0.25) is 0 Å². The van der Waals surface area contributed by atoms with Crippen LogP contribution in [-0.4, -0.2) is 26.0 Å². The molecule has 2 aromatic rings. The Kier molecular flexibility index (Phi) is 2.93. The number of carbonyl (C=O) groups is 1. The fraction of sp³-hybridized carbons (Fsp3) is 0.167. The second kappa shape index (κ2) is 4.39. The highest BCUT2D eigenvalue weighted by atomic mass is 16.4. The summed E-state index contributed by atoms with van der Waals surface area (Å²) in [7, 11) is 0. The van der Waals surface area contributed by atoms with Crippen molar-refractivity contribution >= 4 is 5.97 Å². The van der Waals surface area contributed by atoms with Gasteiger partial charge in [0.15, 0.2) is 5.69 Å². The SMILES string of the molecule is Cc1ccccc1-n1cc(CO)c(C(=O)O)n1. The summed E-state index contributed by atoms with van der Waals surface area (Å²) in [6, 6.07) is 7.50. The van der Waals surface area contributed by atoms with Crippen LogP contribution < -0.4 is 0 Å². The van der Waals surface area contributed by atoms with Gasteiger partial charge in [-0.1, -0.05) is 18.2 Å². The van der Waals surface area contributed by atoms with Crippen LogP contribution >= 0.6 is 0 Å². The first kappa shape index (κ1) is 11.3. The van der Waals surface area contributed by atoms with Crippen LogP contribution in [0.3, 0.4) is 0 Å². The number of aromatic nitrogens is 2. The van der Waals surface area contributed by atoms with Crippen molar-refractivity contribution in [2.24, 2.45) is 0 Å². The molecule has 17 heavy (non-hydrogen) atoms. The highest BCUT2D eigenvalue weighted by Crippen LogP contribution is 2.16. The zero-order valence-electron chi connectivity index (χ0n) is 9.29. The van der Waals surface area contributed by atoms with Gasteiger partial charge in [0, 0.05) is 11.8 Å². The summed E-state index contributed by atoms with van der Waals surface area (Å²) in [5, 5.41) is 22.0. The predicted octanol–water partition coefficient (Wildman–Crippen LogP) is 1.37. The first-order chi connectivity index (χ1) is 8.13. The third-order valence-electron chi connectivity index (χ3n) is 2.53. The van der Waals surface area contributed by atoms with Crippen LogP contribution in [0.5, 0.6) is 0 Å². The molecular formula is C12H12N2O3. The van der Waals surface area contributed by atoms with E-state index in [1.807, 2.05) is 31.2 Å². The van der Waals surface area contributed by atoms with Gasteiger partial charge >= 0.3 is 5.97 Å². The Morgan fingerprint density at radius 3 is 2.65 bits per heavy atom. The van der Waals surface area contributed by atoms with E-state index in [9.17, 15) is 4.79 Å². The molecule has 0 bridgehead atoms. The summed E-state index contributed by atoms with van der Waals surface area (Å²) in [6.07, 6.45) is 1.53. The fourth-order valence-electron chi connectivity index (χ4n) is 1.65. The number of hydrogen-bond donors (Lipinski definition) is 2. The lowest BCUT2D eigenvalue weighted by atomic mass is 10.2. The average Bonchev–Trinajstić information content (AvgIpc) is 2.73. The van der Waals surface area contributed by atoms with Crippen molar-refractivity contribution < 1.29 is 15.0 Å². The lowest BCUT2D eigenvalue weighted by Crippen LogP contribution is -2.03. The topological polar surface area (TPSA) is 75.4 Å². The molecule has 0 aliphatic carbocycles. The van der Waals surface area contributed by atoms with Gasteiger partial charge in [-0.05, 0) is 18.6 Å². The number of aryl methyl sites for hydroxylation is 1. The van der Waals surface area contributed by atoms with E-state index in [0.29, 0.717) is 5.56 Å². The average molecular weight is 232 g/mol. The van der Waals surface area contributed by atoms with E-state index in [0.717, 1.165) is 11.3 Å². The van der Waals surface area contributed by atoms with E-state index in [2.05, 4.69) is 5.10 Å². The maximum atomic E-state index is 10.9. The second-order valence-electron chi connectivity index (χ2n) is 3.70. The lowest BCUT2D eigenvalue weighted by molar-refractivity contribution is 0.0686. The molecule has 0 unspecified atom stereocenters. The van der Waals surface area contributed by atoms with Crippen molar-refractivity contribution in [1.29, 1.82) is 0 Å². The van der Waals surface area contributed by atoms with Crippen molar-refractivity contribution in [3.05, 3.63) is 47.3 Å². The molecule has 5 heteroatoms. The van der Waals surface area contributed by atoms with Gasteiger partial charge in [-0.25, -0.2) is 9.48 Å². The first-order valence-corrected chi connectivity index (χ1v) is 5.12. The second-order valence-corrected chi connectivity index (χ2v) is 3.70. The molecular weight excluding hydrogens is 220 g/mol. The minimum Gasteiger partial charge on any atom is -0.476 e. The molecule has 2 N–H and O–H groups in total. The third kappa shape index (κ3) is 2.05. The van der Waals surface area contributed by atoms with Gasteiger partial charge in [0.25, 0.3) is 0 Å². The van der Waals surface area contributed by atoms with E-state index in [-0.39, 0.29) is 12.3 Å². The van der Waals surface area contributed by atoms with Crippen LogP contribution in [0, 0.1) is 6.92 Å². The molecule has 0 amide bonds. The van der Waals surface area contributed by atoms with Crippen LogP contribution in [-0.2, 0) is 6.61 Å². The lowest BCUT2D eigenvalue weighted by Gasteiger charge is -2.04. The maximum Gasteiger partial charge on any atom is 0.356 e. The molecule has 0 fully saturated rings. The molecule has 1 aromatic carbocycles. The van der Waals surface area contributed by atoms with Gasteiger partial charge in [0.05, 0.1) is 12.3 Å². The van der Waals surface area contributed by atoms with Crippen LogP contribution in [0.1, 0.15) is 21.6 Å². The molecule has 0 aliphatic heterocycles. The van der Waals surface area contributed by atoms with Crippen molar-refractivity contribution in [2.45, 2.75) is 13.5 Å². The van der Waals surface area contributed by atoms with Gasteiger partial charge in [-0.2, -0.15) is 5.10 Å². The van der Waals surface area contributed by atoms with Crippen molar-refractivity contribution in [3.63, 3.8) is 0 Å². The summed E-state index contributed by atoms with van der Waals surface area (Å²) >= 11 is 0.